The second-order valence-corrected chi connectivity index (χ2v) is 5.68. The number of hydrogen-bond acceptors (Lipinski definition) is 5. The van der Waals surface area contributed by atoms with Gasteiger partial charge in [0.2, 0.25) is 9.84 Å². The summed E-state index contributed by atoms with van der Waals surface area (Å²) in [5, 5.41) is 0. The Morgan fingerprint density at radius 2 is 1.78 bits per heavy atom. The van der Waals surface area contributed by atoms with Crippen LogP contribution in [0.15, 0.2) is 46.3 Å². The summed E-state index contributed by atoms with van der Waals surface area (Å²) in [6.45, 7) is 0. The molecule has 0 heterocycles. The molecule has 1 aromatic rings. The third-order valence-electron chi connectivity index (χ3n) is 2.11. The molecular weight excluding hydrogens is 254 g/mol. The molecule has 0 spiro atoms. The van der Waals surface area contributed by atoms with E-state index in [0.717, 1.165) is 7.11 Å². The molecule has 0 bridgehead atoms. The molecule has 0 amide bonds. The second kappa shape index (κ2) is 5.68. The molecule has 0 unspecified atom stereocenters. The first-order valence-electron chi connectivity index (χ1n) is 5.16. The molecule has 0 fully saturated rings. The SMILES string of the molecule is COC(=O)/C(=C\N(C)C)S(=O)(=O)c1ccccc1. The first kappa shape index (κ1) is 14.2. The van der Waals surface area contributed by atoms with Crippen molar-refractivity contribution >= 4 is 15.8 Å². The molecule has 6 heteroatoms. The first-order valence-corrected chi connectivity index (χ1v) is 6.64. The first-order chi connectivity index (χ1) is 8.39. The van der Waals surface area contributed by atoms with Gasteiger partial charge in [-0.3, -0.25) is 0 Å². The van der Waals surface area contributed by atoms with Crippen LogP contribution in [0, 0.1) is 0 Å². The van der Waals surface area contributed by atoms with E-state index in [1.54, 1.807) is 32.3 Å². The Hall–Kier alpha value is -1.82. The van der Waals surface area contributed by atoms with Crippen LogP contribution in [0.2, 0.25) is 0 Å². The number of carbonyl (C=O) groups is 1. The van der Waals surface area contributed by atoms with Gasteiger partial charge in [0, 0.05) is 20.3 Å². The van der Waals surface area contributed by atoms with Gasteiger partial charge < -0.3 is 9.64 Å². The quantitative estimate of drug-likeness (QED) is 0.603. The summed E-state index contributed by atoms with van der Waals surface area (Å²) < 4.78 is 29.1. The van der Waals surface area contributed by atoms with E-state index in [2.05, 4.69) is 4.74 Å². The number of hydrogen-bond donors (Lipinski definition) is 0. The van der Waals surface area contributed by atoms with Gasteiger partial charge in [-0.25, -0.2) is 13.2 Å². The third-order valence-corrected chi connectivity index (χ3v) is 3.85. The maximum absolute atomic E-state index is 12.3. The molecule has 0 radical (unpaired) electrons. The van der Waals surface area contributed by atoms with Crippen molar-refractivity contribution in [3.63, 3.8) is 0 Å². The van der Waals surface area contributed by atoms with Crippen molar-refractivity contribution < 1.29 is 17.9 Å². The number of rotatable bonds is 4. The van der Waals surface area contributed by atoms with Crippen molar-refractivity contribution in [3.8, 4) is 0 Å². The van der Waals surface area contributed by atoms with Crippen LogP contribution >= 0.6 is 0 Å². The number of benzene rings is 1. The summed E-state index contributed by atoms with van der Waals surface area (Å²) in [5.41, 5.74) is 0. The van der Waals surface area contributed by atoms with Crippen LogP contribution < -0.4 is 0 Å². The van der Waals surface area contributed by atoms with Crippen molar-refractivity contribution in [3.05, 3.63) is 41.4 Å². The Kier molecular flexibility index (Phi) is 4.49. The summed E-state index contributed by atoms with van der Waals surface area (Å²) >= 11 is 0. The number of methoxy groups -OCH3 is 1. The maximum atomic E-state index is 12.3. The van der Waals surface area contributed by atoms with E-state index >= 15 is 0 Å². The van der Waals surface area contributed by atoms with Crippen molar-refractivity contribution in [1.29, 1.82) is 0 Å². The minimum absolute atomic E-state index is 0.0588. The Balaban J connectivity index is 3.35. The van der Waals surface area contributed by atoms with Crippen LogP contribution in [0.4, 0.5) is 0 Å². The van der Waals surface area contributed by atoms with Gasteiger partial charge in [0.05, 0.1) is 12.0 Å². The topological polar surface area (TPSA) is 63.7 Å². The van der Waals surface area contributed by atoms with Crippen molar-refractivity contribution in [2.45, 2.75) is 4.90 Å². The van der Waals surface area contributed by atoms with Gasteiger partial charge in [0.15, 0.2) is 4.91 Å². The zero-order chi connectivity index (χ0) is 13.8. The minimum Gasteiger partial charge on any atom is -0.465 e. The lowest BCUT2D eigenvalue weighted by Crippen LogP contribution is -2.18. The van der Waals surface area contributed by atoms with E-state index in [0.29, 0.717) is 0 Å². The fraction of sp³-hybridized carbons (Fsp3) is 0.250. The number of nitrogens with zero attached hydrogens (tertiary/aromatic N) is 1. The largest absolute Gasteiger partial charge is 0.465 e. The number of carbonyl (C=O) groups excluding carboxylic acids is 1. The fourth-order valence-corrected chi connectivity index (χ4v) is 2.72. The van der Waals surface area contributed by atoms with Crippen molar-refractivity contribution in [1.82, 2.24) is 4.90 Å². The normalized spacial score (nSPS) is 12.1. The highest BCUT2D eigenvalue weighted by molar-refractivity contribution is 7.96. The zero-order valence-electron chi connectivity index (χ0n) is 10.5. The van der Waals surface area contributed by atoms with E-state index in [4.69, 9.17) is 0 Å². The van der Waals surface area contributed by atoms with Gasteiger partial charge in [-0.2, -0.15) is 0 Å². The van der Waals surface area contributed by atoms with Crippen molar-refractivity contribution in [2.75, 3.05) is 21.2 Å². The highest BCUT2D eigenvalue weighted by Gasteiger charge is 2.28. The van der Waals surface area contributed by atoms with Gasteiger partial charge in [0.1, 0.15) is 0 Å². The summed E-state index contributed by atoms with van der Waals surface area (Å²) in [5.74, 6) is -0.882. The van der Waals surface area contributed by atoms with Crippen LogP contribution in [-0.4, -0.2) is 40.5 Å². The van der Waals surface area contributed by atoms with Crippen molar-refractivity contribution in [2.24, 2.45) is 0 Å². The van der Waals surface area contributed by atoms with Gasteiger partial charge in [-0.1, -0.05) is 18.2 Å². The van der Waals surface area contributed by atoms with Crippen LogP contribution in [-0.2, 0) is 19.4 Å². The molecule has 98 valence electrons. The van der Waals surface area contributed by atoms with E-state index < -0.39 is 15.8 Å². The van der Waals surface area contributed by atoms with Crippen LogP contribution in [0.1, 0.15) is 0 Å². The molecule has 0 aromatic heterocycles. The molecule has 0 aliphatic heterocycles. The van der Waals surface area contributed by atoms with Gasteiger partial charge in [-0.05, 0) is 12.1 Å². The average Bonchev–Trinajstić information content (AvgIpc) is 2.35. The Labute approximate surface area is 107 Å². The third kappa shape index (κ3) is 3.10. The molecule has 0 saturated carbocycles. The predicted octanol–water partition coefficient (Wildman–Crippen LogP) is 1.04. The molecule has 0 N–H and O–H groups in total. The maximum Gasteiger partial charge on any atom is 0.351 e. The van der Waals surface area contributed by atoms with E-state index in [-0.39, 0.29) is 9.80 Å². The molecule has 0 saturated heterocycles. The van der Waals surface area contributed by atoms with E-state index in [1.807, 2.05) is 0 Å². The summed E-state index contributed by atoms with van der Waals surface area (Å²) in [4.78, 5) is 12.7. The van der Waals surface area contributed by atoms with Crippen LogP contribution in [0.25, 0.3) is 0 Å². The zero-order valence-corrected chi connectivity index (χ0v) is 11.3. The molecule has 1 aromatic carbocycles. The number of ether oxygens (including phenoxy) is 1. The lowest BCUT2D eigenvalue weighted by molar-refractivity contribution is -0.135. The molecule has 0 atom stereocenters. The minimum atomic E-state index is -3.86. The van der Waals surface area contributed by atoms with Gasteiger partial charge in [-0.15, -0.1) is 0 Å². The number of esters is 1. The average molecular weight is 269 g/mol. The van der Waals surface area contributed by atoms with Gasteiger partial charge >= 0.3 is 5.97 Å². The second-order valence-electron chi connectivity index (χ2n) is 3.77. The molecule has 1 rings (SSSR count). The monoisotopic (exact) mass is 269 g/mol. The summed E-state index contributed by atoms with van der Waals surface area (Å²) in [6, 6.07) is 7.75. The van der Waals surface area contributed by atoms with Gasteiger partial charge in [0.25, 0.3) is 0 Å². The highest BCUT2D eigenvalue weighted by Crippen LogP contribution is 2.20. The number of sulfone groups is 1. The smallest absolute Gasteiger partial charge is 0.351 e. The molecule has 5 nitrogen and oxygen atoms in total. The highest BCUT2D eigenvalue weighted by atomic mass is 32.2. The Bertz CT molecular complexity index is 547. The molecular formula is C12H15NO4S. The summed E-state index contributed by atoms with van der Waals surface area (Å²) in [7, 11) is 0.539. The van der Waals surface area contributed by atoms with E-state index in [1.165, 1.54) is 23.2 Å². The van der Waals surface area contributed by atoms with Crippen LogP contribution in [0.5, 0.6) is 0 Å². The lowest BCUT2D eigenvalue weighted by atomic mass is 10.4. The molecule has 18 heavy (non-hydrogen) atoms. The van der Waals surface area contributed by atoms with E-state index in [9.17, 15) is 13.2 Å². The standard InChI is InChI=1S/C12H15NO4S/c1-13(2)9-11(12(14)17-3)18(15,16)10-7-5-4-6-8-10/h4-9H,1-3H3/b11-9+. The molecule has 0 aliphatic rings. The van der Waals surface area contributed by atoms with Crippen LogP contribution in [0.3, 0.4) is 0 Å². The predicted molar refractivity (Wildman–Crippen MR) is 67.4 cm³/mol. The Morgan fingerprint density at radius 3 is 2.22 bits per heavy atom. The molecule has 0 aliphatic carbocycles. The Morgan fingerprint density at radius 1 is 1.22 bits per heavy atom. The fourth-order valence-electron chi connectivity index (χ4n) is 1.29. The summed E-state index contributed by atoms with van der Waals surface area (Å²) in [6.07, 6.45) is 1.23. The lowest BCUT2D eigenvalue weighted by Gasteiger charge is -2.11.